The number of benzene rings is 3. The molecule has 1 atom stereocenters. The Balaban J connectivity index is 1.75. The van der Waals surface area contributed by atoms with Crippen molar-refractivity contribution in [2.45, 2.75) is 12.5 Å². The molecule has 1 saturated heterocycles. The summed E-state index contributed by atoms with van der Waals surface area (Å²) in [4.78, 5) is 27.7. The van der Waals surface area contributed by atoms with Crippen LogP contribution in [0.1, 0.15) is 22.7 Å². The third kappa shape index (κ3) is 4.75. The molecule has 1 N–H and O–H groups in total. The highest BCUT2D eigenvalue weighted by Crippen LogP contribution is 2.40. The first kappa shape index (κ1) is 24.8. The number of Topliss-reactive ketones (excluding diaryl/α,β-unsaturated/α-hetero) is 1. The number of carbonyl (C=O) groups excluding carboxylic acids is 2. The van der Waals surface area contributed by atoms with Crippen molar-refractivity contribution < 1.29 is 33.3 Å². The minimum atomic E-state index is -0.892. The van der Waals surface area contributed by atoms with Crippen LogP contribution in [0, 0.1) is 5.82 Å². The molecule has 0 unspecified atom stereocenters. The molecule has 36 heavy (non-hydrogen) atoms. The summed E-state index contributed by atoms with van der Waals surface area (Å²) in [5.74, 6) is -0.716. The van der Waals surface area contributed by atoms with Gasteiger partial charge >= 0.3 is 0 Å². The van der Waals surface area contributed by atoms with Crippen molar-refractivity contribution in [1.82, 2.24) is 4.90 Å². The highest BCUT2D eigenvalue weighted by Gasteiger charge is 2.45. The average Bonchev–Trinajstić information content (AvgIpc) is 3.16. The van der Waals surface area contributed by atoms with Gasteiger partial charge in [0.05, 0.1) is 32.9 Å². The minimum Gasteiger partial charge on any atom is -0.507 e. The maximum atomic E-state index is 13.7. The Morgan fingerprint density at radius 1 is 0.917 bits per heavy atom. The second kappa shape index (κ2) is 10.5. The SMILES string of the molecule is COc1cccc(C(O)=C2C(=O)C(=O)N(CCc3ccc(OC)c(OC)c3)[C@H]2c2ccc(F)cc2)c1. The van der Waals surface area contributed by atoms with Gasteiger partial charge in [0.2, 0.25) is 0 Å². The van der Waals surface area contributed by atoms with Crippen molar-refractivity contribution in [3.63, 3.8) is 0 Å². The maximum absolute atomic E-state index is 13.7. The molecule has 1 aliphatic rings. The maximum Gasteiger partial charge on any atom is 0.295 e. The first-order valence-corrected chi connectivity index (χ1v) is 11.3. The number of likely N-dealkylation sites (tertiary alicyclic amines) is 1. The van der Waals surface area contributed by atoms with Gasteiger partial charge in [0, 0.05) is 12.1 Å². The fraction of sp³-hybridized carbons (Fsp3) is 0.214. The number of carbonyl (C=O) groups is 2. The highest BCUT2D eigenvalue weighted by molar-refractivity contribution is 6.46. The van der Waals surface area contributed by atoms with Gasteiger partial charge in [-0.15, -0.1) is 0 Å². The zero-order chi connectivity index (χ0) is 25.8. The standard InChI is InChI=1S/C28H26FNO6/c1-34-21-6-4-5-19(16-21)26(31)24-25(18-8-10-20(29)11-9-18)30(28(33)27(24)32)14-13-17-7-12-22(35-2)23(15-17)36-3/h4-12,15-16,25,31H,13-14H2,1-3H3/t25-/m0/s1. The van der Waals surface area contributed by atoms with Crippen molar-refractivity contribution in [3.8, 4) is 17.2 Å². The van der Waals surface area contributed by atoms with Gasteiger partial charge in [-0.25, -0.2) is 4.39 Å². The number of methoxy groups -OCH3 is 3. The minimum absolute atomic E-state index is 0.0628. The number of amides is 1. The largest absolute Gasteiger partial charge is 0.507 e. The molecule has 1 amide bonds. The Bertz CT molecular complexity index is 1320. The van der Waals surface area contributed by atoms with Crippen LogP contribution in [0.15, 0.2) is 72.3 Å². The summed E-state index contributed by atoms with van der Waals surface area (Å²) in [6.07, 6.45) is 0.407. The molecule has 186 valence electrons. The molecule has 1 aliphatic heterocycles. The topological polar surface area (TPSA) is 85.3 Å². The molecular weight excluding hydrogens is 465 g/mol. The number of hydrogen-bond donors (Lipinski definition) is 1. The Labute approximate surface area is 208 Å². The van der Waals surface area contributed by atoms with Crippen molar-refractivity contribution in [3.05, 3.63) is 94.8 Å². The Morgan fingerprint density at radius 2 is 1.64 bits per heavy atom. The predicted molar refractivity (Wildman–Crippen MR) is 132 cm³/mol. The van der Waals surface area contributed by atoms with Crippen LogP contribution >= 0.6 is 0 Å². The number of aliphatic hydroxyl groups is 1. The number of halogens is 1. The summed E-state index contributed by atoms with van der Waals surface area (Å²) >= 11 is 0. The van der Waals surface area contributed by atoms with Gasteiger partial charge < -0.3 is 24.2 Å². The molecular formula is C28H26FNO6. The summed E-state index contributed by atoms with van der Waals surface area (Å²) in [5, 5.41) is 11.2. The summed E-state index contributed by atoms with van der Waals surface area (Å²) in [6.45, 7) is 0.178. The molecule has 8 heteroatoms. The predicted octanol–water partition coefficient (Wildman–Crippen LogP) is 4.52. The fourth-order valence-corrected chi connectivity index (χ4v) is 4.31. The first-order chi connectivity index (χ1) is 17.4. The monoisotopic (exact) mass is 491 g/mol. The Hall–Kier alpha value is -4.33. The molecule has 0 aliphatic carbocycles. The molecule has 7 nitrogen and oxygen atoms in total. The van der Waals surface area contributed by atoms with Crippen molar-refractivity contribution in [2.75, 3.05) is 27.9 Å². The number of rotatable bonds is 8. The van der Waals surface area contributed by atoms with Crippen LogP contribution in [0.25, 0.3) is 5.76 Å². The van der Waals surface area contributed by atoms with Gasteiger partial charge in [-0.3, -0.25) is 9.59 Å². The van der Waals surface area contributed by atoms with Gasteiger partial charge in [0.15, 0.2) is 11.5 Å². The zero-order valence-corrected chi connectivity index (χ0v) is 20.2. The van der Waals surface area contributed by atoms with Gasteiger partial charge in [0.25, 0.3) is 11.7 Å². The zero-order valence-electron chi connectivity index (χ0n) is 20.2. The van der Waals surface area contributed by atoms with E-state index in [-0.39, 0.29) is 17.9 Å². The average molecular weight is 492 g/mol. The number of ketones is 1. The molecule has 0 bridgehead atoms. The van der Waals surface area contributed by atoms with Crippen LogP contribution in [0.2, 0.25) is 0 Å². The van der Waals surface area contributed by atoms with E-state index in [1.165, 1.54) is 43.4 Å². The van der Waals surface area contributed by atoms with Gasteiger partial charge in [-0.1, -0.05) is 30.3 Å². The molecule has 0 spiro atoms. The summed E-state index contributed by atoms with van der Waals surface area (Å²) in [5.41, 5.74) is 1.64. The first-order valence-electron chi connectivity index (χ1n) is 11.3. The van der Waals surface area contributed by atoms with Crippen LogP contribution in [0.4, 0.5) is 4.39 Å². The van der Waals surface area contributed by atoms with E-state index < -0.39 is 23.5 Å². The van der Waals surface area contributed by atoms with Crippen LogP contribution in [-0.4, -0.2) is 49.6 Å². The van der Waals surface area contributed by atoms with Gasteiger partial charge in [-0.2, -0.15) is 0 Å². The fourth-order valence-electron chi connectivity index (χ4n) is 4.31. The third-order valence-corrected chi connectivity index (χ3v) is 6.16. The van der Waals surface area contributed by atoms with Crippen molar-refractivity contribution in [1.29, 1.82) is 0 Å². The lowest BCUT2D eigenvalue weighted by Crippen LogP contribution is -2.31. The molecule has 3 aromatic rings. The lowest BCUT2D eigenvalue weighted by molar-refractivity contribution is -0.139. The van der Waals surface area contributed by atoms with Crippen LogP contribution in [0.3, 0.4) is 0 Å². The highest BCUT2D eigenvalue weighted by atomic mass is 19.1. The van der Waals surface area contributed by atoms with E-state index in [2.05, 4.69) is 0 Å². The Kier molecular flexibility index (Phi) is 7.24. The van der Waals surface area contributed by atoms with Crippen molar-refractivity contribution in [2.24, 2.45) is 0 Å². The quantitative estimate of drug-likeness (QED) is 0.283. The number of aliphatic hydroxyl groups excluding tert-OH is 1. The van der Waals surface area contributed by atoms with Gasteiger partial charge in [0.1, 0.15) is 17.3 Å². The van der Waals surface area contributed by atoms with Crippen LogP contribution < -0.4 is 14.2 Å². The van der Waals surface area contributed by atoms with E-state index in [4.69, 9.17) is 14.2 Å². The van der Waals surface area contributed by atoms with E-state index in [1.807, 2.05) is 6.07 Å². The lowest BCUT2D eigenvalue weighted by Gasteiger charge is -2.25. The number of nitrogens with zero attached hydrogens (tertiary/aromatic N) is 1. The van der Waals surface area contributed by atoms with Gasteiger partial charge in [-0.05, 0) is 53.9 Å². The lowest BCUT2D eigenvalue weighted by atomic mass is 9.95. The second-order valence-corrected chi connectivity index (χ2v) is 8.22. The second-order valence-electron chi connectivity index (χ2n) is 8.22. The van der Waals surface area contributed by atoms with E-state index in [1.54, 1.807) is 43.5 Å². The number of hydrogen-bond acceptors (Lipinski definition) is 6. The van der Waals surface area contributed by atoms with Crippen LogP contribution in [-0.2, 0) is 16.0 Å². The molecule has 0 radical (unpaired) electrons. The normalized spacial score (nSPS) is 16.8. The molecule has 4 rings (SSSR count). The number of ether oxygens (including phenoxy) is 3. The van der Waals surface area contributed by atoms with E-state index in [0.717, 1.165) is 5.56 Å². The summed E-state index contributed by atoms with van der Waals surface area (Å²) in [6, 6.07) is 16.6. The molecule has 1 heterocycles. The molecule has 0 saturated carbocycles. The molecule has 3 aromatic carbocycles. The van der Waals surface area contributed by atoms with E-state index >= 15 is 0 Å². The smallest absolute Gasteiger partial charge is 0.295 e. The third-order valence-electron chi connectivity index (χ3n) is 6.16. The van der Waals surface area contributed by atoms with Crippen molar-refractivity contribution >= 4 is 17.4 Å². The van der Waals surface area contributed by atoms with Crippen LogP contribution in [0.5, 0.6) is 17.2 Å². The van der Waals surface area contributed by atoms with E-state index in [9.17, 15) is 19.1 Å². The summed E-state index contributed by atoms with van der Waals surface area (Å²) in [7, 11) is 4.57. The molecule has 1 fully saturated rings. The Morgan fingerprint density at radius 3 is 2.31 bits per heavy atom. The summed E-state index contributed by atoms with van der Waals surface area (Å²) < 4.78 is 29.5. The van der Waals surface area contributed by atoms with E-state index in [0.29, 0.717) is 34.8 Å². The molecule has 0 aromatic heterocycles.